The highest BCUT2D eigenvalue weighted by molar-refractivity contribution is 7.90. The second kappa shape index (κ2) is 8.32. The Kier molecular flexibility index (Phi) is 6.05. The summed E-state index contributed by atoms with van der Waals surface area (Å²) in [7, 11) is -3.38. The first-order chi connectivity index (χ1) is 13.2. The number of piperazine rings is 1. The van der Waals surface area contributed by atoms with E-state index in [2.05, 4.69) is 0 Å². The molecule has 0 saturated carbocycles. The quantitative estimate of drug-likeness (QED) is 0.760. The maximum Gasteiger partial charge on any atom is 0.254 e. The van der Waals surface area contributed by atoms with Crippen molar-refractivity contribution in [2.24, 2.45) is 0 Å². The minimum atomic E-state index is -3.38. The van der Waals surface area contributed by atoms with Gasteiger partial charge in [-0.3, -0.25) is 9.59 Å². The predicted octanol–water partition coefficient (Wildman–Crippen LogP) is 2.27. The third-order valence-electron chi connectivity index (χ3n) is 4.67. The first-order valence-electron chi connectivity index (χ1n) is 8.85. The molecule has 0 bridgehead atoms. The summed E-state index contributed by atoms with van der Waals surface area (Å²) in [5, 5.41) is 0.594. The Morgan fingerprint density at radius 1 is 0.964 bits per heavy atom. The number of nitrogens with zero attached hydrogens (tertiary/aromatic N) is 2. The van der Waals surface area contributed by atoms with Crippen LogP contribution in [0.25, 0.3) is 0 Å². The summed E-state index contributed by atoms with van der Waals surface area (Å²) >= 11 is 5.96. The molecular formula is C20H21ClN2O4S. The van der Waals surface area contributed by atoms with Crippen molar-refractivity contribution >= 4 is 33.3 Å². The molecule has 0 radical (unpaired) electrons. The van der Waals surface area contributed by atoms with E-state index in [4.69, 9.17) is 11.6 Å². The number of hydrogen-bond donors (Lipinski definition) is 0. The molecule has 1 aliphatic heterocycles. The van der Waals surface area contributed by atoms with E-state index in [9.17, 15) is 18.0 Å². The standard InChI is InChI=1S/C20H21ClN2O4S/c1-28(26,27)18-7-3-5-16(14-18)20(25)23-10-8-22(9-11-23)19(24)13-15-4-2-6-17(21)12-15/h2-7,12,14H,8-11,13H2,1H3. The van der Waals surface area contributed by atoms with Crippen molar-refractivity contribution in [2.45, 2.75) is 11.3 Å². The van der Waals surface area contributed by atoms with Crippen molar-refractivity contribution < 1.29 is 18.0 Å². The summed E-state index contributed by atoms with van der Waals surface area (Å²) in [6, 6.07) is 13.2. The van der Waals surface area contributed by atoms with E-state index in [1.165, 1.54) is 12.1 Å². The summed E-state index contributed by atoms with van der Waals surface area (Å²) in [6.07, 6.45) is 1.38. The maximum absolute atomic E-state index is 12.7. The maximum atomic E-state index is 12.7. The highest BCUT2D eigenvalue weighted by Gasteiger charge is 2.25. The average molecular weight is 421 g/mol. The van der Waals surface area contributed by atoms with Gasteiger partial charge in [0.1, 0.15) is 0 Å². The number of amides is 2. The molecule has 0 aliphatic carbocycles. The molecule has 0 aromatic heterocycles. The molecule has 6 nitrogen and oxygen atoms in total. The van der Waals surface area contributed by atoms with E-state index in [0.29, 0.717) is 36.8 Å². The minimum absolute atomic E-state index is 0.00607. The van der Waals surface area contributed by atoms with E-state index >= 15 is 0 Å². The highest BCUT2D eigenvalue weighted by atomic mass is 35.5. The molecule has 0 N–H and O–H groups in total. The van der Waals surface area contributed by atoms with Gasteiger partial charge in [0.2, 0.25) is 5.91 Å². The molecule has 148 valence electrons. The van der Waals surface area contributed by atoms with Crippen LogP contribution in [0.2, 0.25) is 5.02 Å². The lowest BCUT2D eigenvalue weighted by atomic mass is 10.1. The monoisotopic (exact) mass is 420 g/mol. The topological polar surface area (TPSA) is 74.8 Å². The van der Waals surface area contributed by atoms with Crippen LogP contribution in [0, 0.1) is 0 Å². The molecule has 0 atom stereocenters. The lowest BCUT2D eigenvalue weighted by molar-refractivity contribution is -0.131. The second-order valence-electron chi connectivity index (χ2n) is 6.78. The molecule has 28 heavy (non-hydrogen) atoms. The largest absolute Gasteiger partial charge is 0.339 e. The minimum Gasteiger partial charge on any atom is -0.339 e. The molecule has 1 saturated heterocycles. The predicted molar refractivity (Wildman–Crippen MR) is 107 cm³/mol. The zero-order valence-electron chi connectivity index (χ0n) is 15.5. The molecule has 8 heteroatoms. The number of halogens is 1. The van der Waals surface area contributed by atoms with Crippen molar-refractivity contribution in [2.75, 3.05) is 32.4 Å². The van der Waals surface area contributed by atoms with Gasteiger partial charge in [-0.15, -0.1) is 0 Å². The highest BCUT2D eigenvalue weighted by Crippen LogP contribution is 2.16. The number of carbonyl (C=O) groups is 2. The molecule has 2 aromatic carbocycles. The summed E-state index contributed by atoms with van der Waals surface area (Å²) < 4.78 is 23.4. The van der Waals surface area contributed by atoms with Crippen LogP contribution in [-0.2, 0) is 21.1 Å². The smallest absolute Gasteiger partial charge is 0.254 e. The van der Waals surface area contributed by atoms with Crippen molar-refractivity contribution in [3.05, 3.63) is 64.7 Å². The SMILES string of the molecule is CS(=O)(=O)c1cccc(C(=O)N2CCN(C(=O)Cc3cccc(Cl)c3)CC2)c1. The Bertz CT molecular complexity index is 999. The Morgan fingerprint density at radius 3 is 2.25 bits per heavy atom. The van der Waals surface area contributed by atoms with E-state index in [1.807, 2.05) is 12.1 Å². The van der Waals surface area contributed by atoms with Crippen LogP contribution in [0.5, 0.6) is 0 Å². The number of hydrogen-bond acceptors (Lipinski definition) is 4. The normalized spacial score (nSPS) is 14.8. The Morgan fingerprint density at radius 2 is 1.61 bits per heavy atom. The van der Waals surface area contributed by atoms with E-state index in [1.54, 1.807) is 34.1 Å². The van der Waals surface area contributed by atoms with Gasteiger partial charge in [0.25, 0.3) is 5.91 Å². The molecule has 0 spiro atoms. The van der Waals surface area contributed by atoms with Crippen LogP contribution >= 0.6 is 11.6 Å². The summed E-state index contributed by atoms with van der Waals surface area (Å²) in [6.45, 7) is 1.69. The van der Waals surface area contributed by atoms with Gasteiger partial charge in [-0.25, -0.2) is 8.42 Å². The third kappa shape index (κ3) is 4.91. The number of carbonyl (C=O) groups excluding carboxylic acids is 2. The fourth-order valence-electron chi connectivity index (χ4n) is 3.13. The van der Waals surface area contributed by atoms with Gasteiger partial charge >= 0.3 is 0 Å². The Labute approximate surface area is 169 Å². The zero-order valence-corrected chi connectivity index (χ0v) is 17.0. The van der Waals surface area contributed by atoms with Gasteiger partial charge in [-0.2, -0.15) is 0 Å². The van der Waals surface area contributed by atoms with Gasteiger partial charge in [-0.1, -0.05) is 29.8 Å². The van der Waals surface area contributed by atoms with Gasteiger partial charge in [0.15, 0.2) is 9.84 Å². The lowest BCUT2D eigenvalue weighted by Gasteiger charge is -2.35. The molecule has 1 aliphatic rings. The van der Waals surface area contributed by atoms with Crippen LogP contribution in [0.4, 0.5) is 0 Å². The van der Waals surface area contributed by atoms with Crippen LogP contribution < -0.4 is 0 Å². The third-order valence-corrected chi connectivity index (χ3v) is 6.02. The number of benzene rings is 2. The number of sulfone groups is 1. The van der Waals surface area contributed by atoms with Crippen molar-refractivity contribution in [3.8, 4) is 0 Å². The van der Waals surface area contributed by atoms with Gasteiger partial charge in [0, 0.05) is 43.0 Å². The first-order valence-corrected chi connectivity index (χ1v) is 11.1. The van der Waals surface area contributed by atoms with Crippen molar-refractivity contribution in [1.82, 2.24) is 9.80 Å². The van der Waals surface area contributed by atoms with E-state index < -0.39 is 9.84 Å². The Balaban J connectivity index is 1.60. The summed E-state index contributed by atoms with van der Waals surface area (Å²) in [5.74, 6) is -0.235. The molecule has 1 fully saturated rings. The summed E-state index contributed by atoms with van der Waals surface area (Å²) in [4.78, 5) is 28.7. The molecule has 0 unspecified atom stereocenters. The van der Waals surface area contributed by atoms with Crippen LogP contribution in [0.3, 0.4) is 0 Å². The lowest BCUT2D eigenvalue weighted by Crippen LogP contribution is -2.51. The molecule has 1 heterocycles. The van der Waals surface area contributed by atoms with Gasteiger partial charge < -0.3 is 9.80 Å². The molecule has 2 aromatic rings. The van der Waals surface area contributed by atoms with Crippen LogP contribution in [0.1, 0.15) is 15.9 Å². The average Bonchev–Trinajstić information content (AvgIpc) is 2.67. The van der Waals surface area contributed by atoms with Gasteiger partial charge in [-0.05, 0) is 35.9 Å². The fourth-order valence-corrected chi connectivity index (χ4v) is 4.01. The van der Waals surface area contributed by atoms with E-state index in [0.717, 1.165) is 11.8 Å². The van der Waals surface area contributed by atoms with E-state index in [-0.39, 0.29) is 23.1 Å². The van der Waals surface area contributed by atoms with Crippen molar-refractivity contribution in [1.29, 1.82) is 0 Å². The molecular weight excluding hydrogens is 400 g/mol. The molecule has 2 amide bonds. The Hall–Kier alpha value is -2.38. The van der Waals surface area contributed by atoms with Crippen LogP contribution in [0.15, 0.2) is 53.4 Å². The summed E-state index contributed by atoms with van der Waals surface area (Å²) in [5.41, 5.74) is 1.19. The zero-order chi connectivity index (χ0) is 20.3. The second-order valence-corrected chi connectivity index (χ2v) is 9.23. The van der Waals surface area contributed by atoms with Crippen LogP contribution in [-0.4, -0.2) is 62.5 Å². The first kappa shape index (κ1) is 20.4. The number of rotatable bonds is 4. The van der Waals surface area contributed by atoms with Crippen molar-refractivity contribution in [3.63, 3.8) is 0 Å². The molecule has 3 rings (SSSR count). The van der Waals surface area contributed by atoms with Gasteiger partial charge in [0.05, 0.1) is 11.3 Å². The fraction of sp³-hybridized carbons (Fsp3) is 0.300.